The van der Waals surface area contributed by atoms with Crippen LogP contribution >= 0.6 is 11.3 Å². The lowest BCUT2D eigenvalue weighted by molar-refractivity contribution is -0.115. The van der Waals surface area contributed by atoms with Crippen molar-refractivity contribution in [2.24, 2.45) is 0 Å². The van der Waals surface area contributed by atoms with Gasteiger partial charge in [0.05, 0.1) is 12.1 Å². The monoisotopic (exact) mass is 249 g/mol. The Hall–Kier alpha value is -1.64. The third-order valence-corrected chi connectivity index (χ3v) is 3.45. The number of carbonyl (C=O) groups excluding carboxylic acids is 1. The number of aryl methyl sites for hydroxylation is 1. The Morgan fingerprint density at radius 1 is 1.59 bits per heavy atom. The van der Waals surface area contributed by atoms with Crippen molar-refractivity contribution in [3.05, 3.63) is 28.7 Å². The van der Waals surface area contributed by atoms with Gasteiger partial charge in [-0.1, -0.05) is 6.08 Å². The summed E-state index contributed by atoms with van der Waals surface area (Å²) >= 11 is 1.43. The lowest BCUT2D eigenvalue weighted by atomic mass is 10.2. The van der Waals surface area contributed by atoms with E-state index >= 15 is 0 Å². The molecule has 0 aliphatic carbocycles. The Labute approximate surface area is 105 Å². The first-order valence-electron chi connectivity index (χ1n) is 5.21. The van der Waals surface area contributed by atoms with Gasteiger partial charge in [0.15, 0.2) is 0 Å². The number of amides is 1. The fourth-order valence-electron chi connectivity index (χ4n) is 1.31. The quantitative estimate of drug-likeness (QED) is 0.619. The van der Waals surface area contributed by atoms with E-state index < -0.39 is 0 Å². The van der Waals surface area contributed by atoms with Crippen molar-refractivity contribution in [2.45, 2.75) is 13.8 Å². The smallest absolute Gasteiger partial charge is 0.238 e. The van der Waals surface area contributed by atoms with Crippen LogP contribution in [0.1, 0.15) is 16.0 Å². The second kappa shape index (κ2) is 6.18. The van der Waals surface area contributed by atoms with Gasteiger partial charge in [0.25, 0.3) is 0 Å². The van der Waals surface area contributed by atoms with Crippen LogP contribution in [-0.4, -0.2) is 19.0 Å². The summed E-state index contributed by atoms with van der Waals surface area (Å²) in [5, 5.41) is 15.3. The van der Waals surface area contributed by atoms with E-state index in [4.69, 9.17) is 5.26 Å². The molecule has 1 aromatic heterocycles. The largest absolute Gasteiger partial charge is 0.315 e. The molecule has 5 heteroatoms. The first-order valence-corrected chi connectivity index (χ1v) is 6.03. The summed E-state index contributed by atoms with van der Waals surface area (Å²) in [7, 11) is 0. The molecule has 0 spiro atoms. The molecule has 0 aliphatic heterocycles. The van der Waals surface area contributed by atoms with Gasteiger partial charge in [-0.05, 0) is 19.4 Å². The van der Waals surface area contributed by atoms with Crippen LogP contribution < -0.4 is 10.6 Å². The topological polar surface area (TPSA) is 64.9 Å². The van der Waals surface area contributed by atoms with Gasteiger partial charge >= 0.3 is 0 Å². The van der Waals surface area contributed by atoms with Crippen molar-refractivity contribution in [1.29, 1.82) is 5.26 Å². The molecule has 2 N–H and O–H groups in total. The van der Waals surface area contributed by atoms with Gasteiger partial charge in [0, 0.05) is 11.4 Å². The minimum Gasteiger partial charge on any atom is -0.315 e. The summed E-state index contributed by atoms with van der Waals surface area (Å²) in [5.41, 5.74) is 1.50. The number of rotatable bonds is 5. The average Bonchev–Trinajstić information content (AvgIpc) is 2.54. The highest BCUT2D eigenvalue weighted by Gasteiger charge is 2.13. The molecule has 0 aromatic carbocycles. The van der Waals surface area contributed by atoms with Gasteiger partial charge in [-0.3, -0.25) is 4.79 Å². The predicted octanol–water partition coefficient (Wildman–Crippen LogP) is 1.95. The zero-order valence-electron chi connectivity index (χ0n) is 9.96. The van der Waals surface area contributed by atoms with Gasteiger partial charge in [0.2, 0.25) is 5.91 Å². The van der Waals surface area contributed by atoms with Crippen molar-refractivity contribution in [2.75, 3.05) is 18.4 Å². The zero-order valence-corrected chi connectivity index (χ0v) is 10.8. The van der Waals surface area contributed by atoms with E-state index in [9.17, 15) is 4.79 Å². The van der Waals surface area contributed by atoms with Crippen molar-refractivity contribution < 1.29 is 4.79 Å². The van der Waals surface area contributed by atoms with Gasteiger partial charge in [-0.25, -0.2) is 0 Å². The molecule has 0 saturated carbocycles. The molecule has 17 heavy (non-hydrogen) atoms. The fraction of sp³-hybridized carbons (Fsp3) is 0.333. The summed E-state index contributed by atoms with van der Waals surface area (Å²) in [6, 6.07) is 2.12. The van der Waals surface area contributed by atoms with Crippen molar-refractivity contribution >= 4 is 22.2 Å². The fourth-order valence-corrected chi connectivity index (χ4v) is 2.34. The highest BCUT2D eigenvalue weighted by Crippen LogP contribution is 2.31. The Balaban J connectivity index is 2.69. The molecule has 1 aromatic rings. The molecule has 0 radical (unpaired) electrons. The SMILES string of the molecule is C=CCNCC(=O)Nc1sc(C)c(C)c1C#N. The van der Waals surface area contributed by atoms with Crippen LogP contribution in [0.15, 0.2) is 12.7 Å². The summed E-state index contributed by atoms with van der Waals surface area (Å²) in [6.07, 6.45) is 1.69. The van der Waals surface area contributed by atoms with Gasteiger partial charge in [0.1, 0.15) is 11.1 Å². The number of hydrogen-bond donors (Lipinski definition) is 2. The second-order valence-electron chi connectivity index (χ2n) is 3.57. The molecule has 1 rings (SSSR count). The van der Waals surface area contributed by atoms with Crippen LogP contribution in [0.25, 0.3) is 0 Å². The van der Waals surface area contributed by atoms with E-state index in [2.05, 4.69) is 23.3 Å². The van der Waals surface area contributed by atoms with E-state index in [1.54, 1.807) is 6.08 Å². The molecule has 0 bridgehead atoms. The third-order valence-electron chi connectivity index (χ3n) is 2.32. The lowest BCUT2D eigenvalue weighted by Crippen LogP contribution is -2.27. The number of anilines is 1. The normalized spacial score (nSPS) is 9.71. The van der Waals surface area contributed by atoms with Crippen LogP contribution in [0.4, 0.5) is 5.00 Å². The number of carbonyl (C=O) groups is 1. The Morgan fingerprint density at radius 2 is 2.29 bits per heavy atom. The molecular weight excluding hydrogens is 234 g/mol. The maximum Gasteiger partial charge on any atom is 0.238 e. The molecule has 0 atom stereocenters. The molecule has 0 saturated heterocycles. The van der Waals surface area contributed by atoms with Crippen molar-refractivity contribution in [3.8, 4) is 6.07 Å². The number of nitrogens with zero attached hydrogens (tertiary/aromatic N) is 1. The Kier molecular flexibility index (Phi) is 4.88. The van der Waals surface area contributed by atoms with Gasteiger partial charge < -0.3 is 10.6 Å². The molecule has 1 heterocycles. The molecule has 0 unspecified atom stereocenters. The Morgan fingerprint density at radius 3 is 2.88 bits per heavy atom. The van der Waals surface area contributed by atoms with Crippen LogP contribution in [0.2, 0.25) is 0 Å². The number of thiophene rings is 1. The Bertz CT molecular complexity index is 471. The van der Waals surface area contributed by atoms with Crippen LogP contribution in [-0.2, 0) is 4.79 Å². The first kappa shape index (κ1) is 13.4. The highest BCUT2D eigenvalue weighted by atomic mass is 32.1. The number of nitrogens with one attached hydrogen (secondary N) is 2. The molecule has 0 fully saturated rings. The van der Waals surface area contributed by atoms with E-state index in [1.807, 2.05) is 13.8 Å². The summed E-state index contributed by atoms with van der Waals surface area (Å²) in [4.78, 5) is 12.6. The minimum absolute atomic E-state index is 0.149. The molecule has 90 valence electrons. The molecule has 1 amide bonds. The van der Waals surface area contributed by atoms with Crippen LogP contribution in [0, 0.1) is 25.2 Å². The third kappa shape index (κ3) is 3.41. The summed E-state index contributed by atoms with van der Waals surface area (Å²) in [6.45, 7) is 8.17. The molecule has 0 aliphatic rings. The van der Waals surface area contributed by atoms with Crippen molar-refractivity contribution in [3.63, 3.8) is 0 Å². The number of nitriles is 1. The average molecular weight is 249 g/mol. The van der Waals surface area contributed by atoms with E-state index in [-0.39, 0.29) is 12.5 Å². The zero-order chi connectivity index (χ0) is 12.8. The summed E-state index contributed by atoms with van der Waals surface area (Å²) in [5.74, 6) is -0.149. The molecular formula is C12H15N3OS. The predicted molar refractivity (Wildman–Crippen MR) is 70.2 cm³/mol. The van der Waals surface area contributed by atoms with Gasteiger partial charge in [-0.2, -0.15) is 5.26 Å². The first-order chi connectivity index (χ1) is 8.10. The van der Waals surface area contributed by atoms with E-state index in [1.165, 1.54) is 11.3 Å². The maximum atomic E-state index is 11.6. The van der Waals surface area contributed by atoms with Crippen molar-refractivity contribution in [1.82, 2.24) is 5.32 Å². The van der Waals surface area contributed by atoms with E-state index in [0.717, 1.165) is 10.4 Å². The molecule has 4 nitrogen and oxygen atoms in total. The van der Waals surface area contributed by atoms with Gasteiger partial charge in [-0.15, -0.1) is 17.9 Å². The standard InChI is InChI=1S/C12H15N3OS/c1-4-5-14-7-11(16)15-12-10(6-13)8(2)9(3)17-12/h4,14H,1,5,7H2,2-3H3,(H,15,16). The summed E-state index contributed by atoms with van der Waals surface area (Å²) < 4.78 is 0. The second-order valence-corrected chi connectivity index (χ2v) is 4.79. The number of hydrogen-bond acceptors (Lipinski definition) is 4. The van der Waals surface area contributed by atoms with Crippen LogP contribution in [0.5, 0.6) is 0 Å². The minimum atomic E-state index is -0.149. The lowest BCUT2D eigenvalue weighted by Gasteiger charge is -2.03. The van der Waals surface area contributed by atoms with Crippen LogP contribution in [0.3, 0.4) is 0 Å². The maximum absolute atomic E-state index is 11.6. The van der Waals surface area contributed by atoms with E-state index in [0.29, 0.717) is 17.1 Å². The highest BCUT2D eigenvalue weighted by molar-refractivity contribution is 7.16.